The molecular weight excluding hydrogens is 332 g/mol. The first-order valence-electron chi connectivity index (χ1n) is 6.38. The van der Waals surface area contributed by atoms with Crippen LogP contribution >= 0.6 is 27.3 Å². The molecule has 0 atom stereocenters. The van der Waals surface area contributed by atoms with Crippen molar-refractivity contribution in [1.29, 1.82) is 0 Å². The molecule has 2 aromatic carbocycles. The van der Waals surface area contributed by atoms with Gasteiger partial charge in [0.1, 0.15) is 0 Å². The van der Waals surface area contributed by atoms with Crippen LogP contribution in [0.2, 0.25) is 0 Å². The molecule has 0 aliphatic carbocycles. The number of aryl methyl sites for hydroxylation is 1. The number of rotatable bonds is 1. The molecule has 0 saturated carbocycles. The Morgan fingerprint density at radius 1 is 1.05 bits per heavy atom. The Labute approximate surface area is 129 Å². The van der Waals surface area contributed by atoms with Gasteiger partial charge in [-0.1, -0.05) is 39.4 Å². The third-order valence-corrected chi connectivity index (χ3v) is 5.16. The number of benzene rings is 2. The molecule has 0 aliphatic rings. The first kappa shape index (κ1) is 12.1. The van der Waals surface area contributed by atoms with Crippen molar-refractivity contribution in [1.82, 2.24) is 4.40 Å². The van der Waals surface area contributed by atoms with Crippen LogP contribution in [0.1, 0.15) is 0 Å². The molecule has 0 fully saturated rings. The molecule has 0 unspecified atom stereocenters. The van der Waals surface area contributed by atoms with Crippen molar-refractivity contribution < 1.29 is 4.57 Å². The summed E-state index contributed by atoms with van der Waals surface area (Å²) < 4.78 is 5.70. The van der Waals surface area contributed by atoms with E-state index >= 15 is 0 Å². The average molecular weight is 344 g/mol. The molecule has 0 amide bonds. The Morgan fingerprint density at radius 2 is 1.80 bits per heavy atom. The van der Waals surface area contributed by atoms with Crippen LogP contribution in [0.25, 0.3) is 27.3 Å². The number of hydrogen-bond acceptors (Lipinski definition) is 1. The second-order valence-electron chi connectivity index (χ2n) is 4.79. The molecule has 98 valence electrons. The van der Waals surface area contributed by atoms with Crippen LogP contribution in [0.4, 0.5) is 0 Å². The largest absolute Gasteiger partial charge is 0.346 e. The summed E-state index contributed by atoms with van der Waals surface area (Å²) in [6.07, 6.45) is 0. The Morgan fingerprint density at radius 3 is 2.60 bits per heavy atom. The van der Waals surface area contributed by atoms with Crippen molar-refractivity contribution in [3.8, 4) is 11.3 Å². The second kappa shape index (κ2) is 4.43. The van der Waals surface area contributed by atoms with E-state index in [1.54, 1.807) is 11.3 Å². The van der Waals surface area contributed by atoms with Crippen molar-refractivity contribution >= 4 is 43.3 Å². The van der Waals surface area contributed by atoms with E-state index in [1.807, 2.05) is 0 Å². The minimum atomic E-state index is 1.11. The molecule has 0 saturated heterocycles. The zero-order valence-corrected chi connectivity index (χ0v) is 13.3. The van der Waals surface area contributed by atoms with Gasteiger partial charge in [-0.3, -0.25) is 0 Å². The lowest BCUT2D eigenvalue weighted by Crippen LogP contribution is -2.25. The van der Waals surface area contributed by atoms with Crippen molar-refractivity contribution in [2.45, 2.75) is 0 Å². The van der Waals surface area contributed by atoms with Gasteiger partial charge in [-0.05, 0) is 36.4 Å². The maximum Gasteiger partial charge on any atom is 0.346 e. The van der Waals surface area contributed by atoms with E-state index in [1.165, 1.54) is 27.3 Å². The van der Waals surface area contributed by atoms with Gasteiger partial charge < -0.3 is 0 Å². The molecule has 4 heteroatoms. The fourth-order valence-electron chi connectivity index (χ4n) is 2.64. The number of aromatic nitrogens is 2. The van der Waals surface area contributed by atoms with E-state index in [0.717, 1.165) is 4.47 Å². The lowest BCUT2D eigenvalue weighted by atomic mass is 10.2. The highest BCUT2D eigenvalue weighted by molar-refractivity contribution is 9.10. The highest BCUT2D eigenvalue weighted by atomic mass is 79.9. The fourth-order valence-corrected chi connectivity index (χ4v) is 3.92. The highest BCUT2D eigenvalue weighted by Crippen LogP contribution is 2.29. The number of thiazole rings is 1. The summed E-state index contributed by atoms with van der Waals surface area (Å²) in [5.41, 5.74) is 5.00. The van der Waals surface area contributed by atoms with E-state index in [2.05, 4.69) is 85.9 Å². The maximum absolute atomic E-state index is 3.49. The highest BCUT2D eigenvalue weighted by Gasteiger charge is 2.22. The first-order chi connectivity index (χ1) is 9.75. The van der Waals surface area contributed by atoms with Gasteiger partial charge in [-0.25, -0.2) is 4.57 Å². The Balaban J connectivity index is 2.10. The van der Waals surface area contributed by atoms with Crippen LogP contribution < -0.4 is 4.57 Å². The van der Waals surface area contributed by atoms with Gasteiger partial charge in [0.25, 0.3) is 0 Å². The number of halogens is 1. The molecule has 2 heterocycles. The monoisotopic (exact) mass is 343 g/mol. The minimum Gasteiger partial charge on any atom is -0.216 e. The SMILES string of the molecule is C[n+]1c2ccccc2n2c(-c3ccc(Br)cc3)csc21. The zero-order valence-electron chi connectivity index (χ0n) is 10.9. The number of hydrogen-bond donors (Lipinski definition) is 0. The predicted molar refractivity (Wildman–Crippen MR) is 87.1 cm³/mol. The van der Waals surface area contributed by atoms with Crippen LogP contribution in [0.3, 0.4) is 0 Å². The summed E-state index contributed by atoms with van der Waals surface area (Å²) in [7, 11) is 2.12. The topological polar surface area (TPSA) is 8.29 Å². The molecule has 2 nitrogen and oxygen atoms in total. The molecule has 0 spiro atoms. The minimum absolute atomic E-state index is 1.11. The van der Waals surface area contributed by atoms with Crippen LogP contribution in [-0.4, -0.2) is 4.40 Å². The van der Waals surface area contributed by atoms with Gasteiger partial charge in [0, 0.05) is 15.4 Å². The van der Waals surface area contributed by atoms with Crippen LogP contribution in [0.15, 0.2) is 58.4 Å². The standard InChI is InChI=1S/C16H12BrN2S/c1-18-13-4-2-3-5-14(13)19-15(10-20-16(18)19)11-6-8-12(17)9-7-11/h2-10H,1H3/q+1. The third-order valence-electron chi connectivity index (χ3n) is 3.62. The van der Waals surface area contributed by atoms with Gasteiger partial charge in [0.15, 0.2) is 16.7 Å². The summed E-state index contributed by atoms with van der Waals surface area (Å²) in [6.45, 7) is 0. The smallest absolute Gasteiger partial charge is 0.216 e. The maximum atomic E-state index is 3.49. The number of imidazole rings is 1. The molecule has 0 aliphatic heterocycles. The van der Waals surface area contributed by atoms with E-state index in [-0.39, 0.29) is 0 Å². The fraction of sp³-hybridized carbons (Fsp3) is 0.0625. The van der Waals surface area contributed by atoms with Crippen LogP contribution in [0, 0.1) is 0 Å². The number of para-hydroxylation sites is 2. The molecule has 4 rings (SSSR count). The van der Waals surface area contributed by atoms with Gasteiger partial charge in [0.05, 0.1) is 7.05 Å². The van der Waals surface area contributed by atoms with E-state index in [9.17, 15) is 0 Å². The predicted octanol–water partition coefficient (Wildman–Crippen LogP) is 4.41. The Bertz CT molecular complexity index is 919. The lowest BCUT2D eigenvalue weighted by molar-refractivity contribution is -0.616. The lowest BCUT2D eigenvalue weighted by Gasteiger charge is -1.96. The summed E-state index contributed by atoms with van der Waals surface area (Å²) in [4.78, 5) is 1.25. The molecule has 20 heavy (non-hydrogen) atoms. The van der Waals surface area contributed by atoms with Crippen LogP contribution in [0.5, 0.6) is 0 Å². The number of nitrogens with zero attached hydrogens (tertiary/aromatic N) is 2. The van der Waals surface area contributed by atoms with Gasteiger partial charge in [0.2, 0.25) is 0 Å². The third kappa shape index (κ3) is 1.65. The molecular formula is C16H12BrN2S+. The van der Waals surface area contributed by atoms with Gasteiger partial charge in [-0.2, -0.15) is 4.40 Å². The normalized spacial score (nSPS) is 11.5. The average Bonchev–Trinajstić information content (AvgIpc) is 3.02. The summed E-state index contributed by atoms with van der Waals surface area (Å²) >= 11 is 5.27. The van der Waals surface area contributed by atoms with Crippen molar-refractivity contribution in [2.75, 3.05) is 0 Å². The molecule has 0 N–H and O–H groups in total. The molecule has 0 radical (unpaired) electrons. The second-order valence-corrected chi connectivity index (χ2v) is 6.55. The summed E-state index contributed by atoms with van der Waals surface area (Å²) in [5, 5.41) is 2.23. The van der Waals surface area contributed by atoms with E-state index < -0.39 is 0 Å². The molecule has 4 aromatic rings. The van der Waals surface area contributed by atoms with Crippen molar-refractivity contribution in [3.63, 3.8) is 0 Å². The van der Waals surface area contributed by atoms with Gasteiger partial charge in [-0.15, -0.1) is 0 Å². The summed E-state index contributed by atoms with van der Waals surface area (Å²) in [6, 6.07) is 17.0. The van der Waals surface area contributed by atoms with Crippen molar-refractivity contribution in [3.05, 3.63) is 58.4 Å². The zero-order chi connectivity index (χ0) is 13.7. The Kier molecular flexibility index (Phi) is 2.69. The summed E-state index contributed by atoms with van der Waals surface area (Å²) in [5.74, 6) is 0. The molecule has 0 bridgehead atoms. The Hall–Kier alpha value is -1.65. The number of fused-ring (bicyclic) bond motifs is 3. The van der Waals surface area contributed by atoms with Crippen molar-refractivity contribution in [2.24, 2.45) is 7.05 Å². The first-order valence-corrected chi connectivity index (χ1v) is 8.05. The van der Waals surface area contributed by atoms with E-state index in [4.69, 9.17) is 0 Å². The van der Waals surface area contributed by atoms with Gasteiger partial charge >= 0.3 is 4.96 Å². The molecule has 2 aromatic heterocycles. The van der Waals surface area contributed by atoms with E-state index in [0.29, 0.717) is 0 Å². The quantitative estimate of drug-likeness (QED) is 0.452. The van der Waals surface area contributed by atoms with Crippen LogP contribution in [-0.2, 0) is 7.05 Å².